The second kappa shape index (κ2) is 6.46. The van der Waals surface area contributed by atoms with Crippen molar-refractivity contribution in [2.75, 3.05) is 0 Å². The Balaban J connectivity index is 1.33. The third-order valence-electron chi connectivity index (χ3n) is 7.59. The molecule has 160 valence electrons. The minimum atomic E-state index is 0.344. The molecule has 0 amide bonds. The van der Waals surface area contributed by atoms with Crippen LogP contribution in [0.4, 0.5) is 0 Å². The third kappa shape index (κ3) is 2.37. The molecule has 0 spiro atoms. The molecule has 0 radical (unpaired) electrons. The molecule has 0 aliphatic heterocycles. The zero-order valence-electron chi connectivity index (χ0n) is 17.9. The van der Waals surface area contributed by atoms with Crippen LogP contribution in [-0.4, -0.2) is 0 Å². The Kier molecular flexibility index (Phi) is 3.53. The Hall–Kier alpha value is -2.76. The van der Waals surface area contributed by atoms with Gasteiger partial charge in [-0.2, -0.15) is 22.7 Å². The smallest absolute Gasteiger partial charge is 0.0362 e. The summed E-state index contributed by atoms with van der Waals surface area (Å²) in [4.78, 5) is 0. The number of rotatable bonds is 0. The number of hydrogen-bond donors (Lipinski definition) is 0. The molecule has 2 aliphatic rings. The van der Waals surface area contributed by atoms with Gasteiger partial charge in [0.15, 0.2) is 0 Å². The van der Waals surface area contributed by atoms with E-state index in [4.69, 9.17) is 0 Å². The van der Waals surface area contributed by atoms with E-state index in [9.17, 15) is 0 Å². The van der Waals surface area contributed by atoms with E-state index < -0.39 is 0 Å². The van der Waals surface area contributed by atoms with Gasteiger partial charge in [-0.3, -0.25) is 0 Å². The first-order chi connectivity index (χ1) is 16.8. The van der Waals surface area contributed by atoms with E-state index in [-0.39, 0.29) is 0 Å². The Morgan fingerprint density at radius 2 is 1.41 bits per heavy atom. The first-order valence-corrected chi connectivity index (χ1v) is 15.0. The van der Waals surface area contributed by atoms with Crippen LogP contribution in [0.15, 0.2) is 69.6 Å². The summed E-state index contributed by atoms with van der Waals surface area (Å²) in [6.07, 6.45) is 8.52. The molecule has 4 heteroatoms. The molecule has 0 saturated heterocycles. The number of hydrogen-bond acceptors (Lipinski definition) is 4. The van der Waals surface area contributed by atoms with Gasteiger partial charge in [0.1, 0.15) is 0 Å². The zero-order chi connectivity index (χ0) is 22.0. The van der Waals surface area contributed by atoms with Crippen LogP contribution in [-0.2, 0) is 6.42 Å². The van der Waals surface area contributed by atoms with Gasteiger partial charge in [-0.1, -0.05) is 18.2 Å². The van der Waals surface area contributed by atoms with E-state index in [1.54, 1.807) is 22.7 Å². The number of thiophene rings is 4. The van der Waals surface area contributed by atoms with Crippen molar-refractivity contribution in [3.8, 4) is 0 Å². The molecule has 1 atom stereocenters. The highest BCUT2D eigenvalue weighted by atomic mass is 32.1. The Bertz CT molecular complexity index is 2160. The minimum Gasteiger partial charge on any atom is -0.151 e. The molecule has 2 aliphatic carbocycles. The molecular weight excluding hydrogens is 489 g/mol. The molecule has 3 aromatic carbocycles. The Labute approximate surface area is 211 Å². The van der Waals surface area contributed by atoms with E-state index in [2.05, 4.69) is 76.1 Å². The molecule has 9 rings (SSSR count). The number of benzene rings is 3. The van der Waals surface area contributed by atoms with Gasteiger partial charge < -0.3 is 0 Å². The van der Waals surface area contributed by atoms with Crippen LogP contribution in [0.2, 0.25) is 0 Å². The molecule has 4 heterocycles. The summed E-state index contributed by atoms with van der Waals surface area (Å²) in [5, 5.41) is 20.3. The summed E-state index contributed by atoms with van der Waals surface area (Å²) in [5.74, 6) is 0.344. The van der Waals surface area contributed by atoms with Crippen molar-refractivity contribution in [1.82, 2.24) is 0 Å². The fourth-order valence-electron chi connectivity index (χ4n) is 5.99. The molecule has 0 saturated carbocycles. The molecule has 0 N–H and O–H groups in total. The van der Waals surface area contributed by atoms with Crippen LogP contribution in [0.5, 0.6) is 0 Å². The molecule has 0 nitrogen and oxygen atoms in total. The molecule has 0 fully saturated rings. The molecule has 0 bridgehead atoms. The monoisotopic (exact) mass is 504 g/mol. The third-order valence-corrected chi connectivity index (χ3v) is 11.4. The van der Waals surface area contributed by atoms with E-state index in [0.29, 0.717) is 5.92 Å². The van der Waals surface area contributed by atoms with Crippen LogP contribution in [0, 0.1) is 0 Å². The summed E-state index contributed by atoms with van der Waals surface area (Å²) < 4.78 is 5.65. The molecule has 4 aromatic heterocycles. The van der Waals surface area contributed by atoms with Crippen molar-refractivity contribution in [2.45, 2.75) is 12.3 Å². The minimum absolute atomic E-state index is 0.344. The summed E-state index contributed by atoms with van der Waals surface area (Å²) in [7, 11) is 0. The van der Waals surface area contributed by atoms with Gasteiger partial charge in [0, 0.05) is 40.7 Å². The van der Waals surface area contributed by atoms with Crippen LogP contribution < -0.4 is 9.75 Å². The fourth-order valence-corrected chi connectivity index (χ4v) is 9.87. The predicted octanol–water partition coefficient (Wildman–Crippen LogP) is 8.54. The first-order valence-electron chi connectivity index (χ1n) is 11.5. The van der Waals surface area contributed by atoms with Crippen molar-refractivity contribution in [1.29, 1.82) is 0 Å². The van der Waals surface area contributed by atoms with Crippen molar-refractivity contribution < 1.29 is 0 Å². The largest absolute Gasteiger partial charge is 0.151 e. The molecule has 34 heavy (non-hydrogen) atoms. The number of allylic oxidation sites excluding steroid dienone is 2. The van der Waals surface area contributed by atoms with Crippen LogP contribution in [0.3, 0.4) is 0 Å². The van der Waals surface area contributed by atoms with E-state index in [1.165, 1.54) is 78.3 Å². The summed E-state index contributed by atoms with van der Waals surface area (Å²) in [6, 6.07) is 14.4. The molecule has 7 aromatic rings. The molecular formula is C30H16S4. The lowest BCUT2D eigenvalue weighted by Crippen LogP contribution is -2.26. The highest BCUT2D eigenvalue weighted by molar-refractivity contribution is 7.26. The average molecular weight is 505 g/mol. The van der Waals surface area contributed by atoms with Gasteiger partial charge in [-0.25, -0.2) is 0 Å². The standard InChI is InChI=1S/C30H16S4/c1-2-21-20(3-4-26-30(21)25-6-17-12-32-14-19(17)9-29(25)33-26)22-10-24-23-5-16-11-31-13-18(16)8-28(23)34-27(24)7-15(1)22/h1,3-14,22H,2H2. The van der Waals surface area contributed by atoms with E-state index in [1.807, 2.05) is 22.7 Å². The van der Waals surface area contributed by atoms with Crippen molar-refractivity contribution in [2.24, 2.45) is 0 Å². The maximum absolute atomic E-state index is 2.55. The van der Waals surface area contributed by atoms with E-state index in [0.717, 1.165) is 6.42 Å². The highest BCUT2D eigenvalue weighted by Crippen LogP contribution is 2.45. The number of fused-ring (bicyclic) bond motifs is 12. The van der Waals surface area contributed by atoms with Crippen molar-refractivity contribution >= 4 is 109 Å². The Morgan fingerprint density at radius 3 is 2.21 bits per heavy atom. The van der Waals surface area contributed by atoms with Gasteiger partial charge >= 0.3 is 0 Å². The first kappa shape index (κ1) is 18.6. The van der Waals surface area contributed by atoms with Crippen LogP contribution >= 0.6 is 45.3 Å². The Morgan fingerprint density at radius 1 is 0.706 bits per heavy atom. The SMILES string of the molecule is C1=C2C=c3sc4cc5cscc5cc4c3=CC2c2ccc3sc4cc5cscc5cc4c3c2C1. The lowest BCUT2D eigenvalue weighted by Gasteiger charge is -2.25. The quantitative estimate of drug-likeness (QED) is 0.194. The van der Waals surface area contributed by atoms with Crippen LogP contribution in [0.1, 0.15) is 17.0 Å². The maximum Gasteiger partial charge on any atom is 0.0362 e. The normalized spacial score (nSPS) is 17.1. The second-order valence-electron chi connectivity index (χ2n) is 9.38. The summed E-state index contributed by atoms with van der Waals surface area (Å²) in [6.45, 7) is 0. The van der Waals surface area contributed by atoms with Gasteiger partial charge in [0.25, 0.3) is 0 Å². The van der Waals surface area contributed by atoms with Crippen molar-refractivity contribution in [3.05, 3.63) is 90.4 Å². The average Bonchev–Trinajstić information content (AvgIpc) is 3.63. The van der Waals surface area contributed by atoms with Crippen molar-refractivity contribution in [3.63, 3.8) is 0 Å². The van der Waals surface area contributed by atoms with Gasteiger partial charge in [-0.05, 0) is 108 Å². The fraction of sp³-hybridized carbons (Fsp3) is 0.0667. The maximum atomic E-state index is 2.55. The highest BCUT2D eigenvalue weighted by Gasteiger charge is 2.26. The van der Waals surface area contributed by atoms with Gasteiger partial charge in [-0.15, -0.1) is 22.7 Å². The lowest BCUT2D eigenvalue weighted by atomic mass is 9.78. The molecule has 1 unspecified atom stereocenters. The van der Waals surface area contributed by atoms with Crippen LogP contribution in [0.25, 0.3) is 64.0 Å². The van der Waals surface area contributed by atoms with Gasteiger partial charge in [0.2, 0.25) is 0 Å². The summed E-state index contributed by atoms with van der Waals surface area (Å²) in [5.41, 5.74) is 4.49. The second-order valence-corrected chi connectivity index (χ2v) is 13.0. The summed E-state index contributed by atoms with van der Waals surface area (Å²) >= 11 is 7.48. The lowest BCUT2D eigenvalue weighted by molar-refractivity contribution is 0.997. The van der Waals surface area contributed by atoms with Gasteiger partial charge in [0.05, 0.1) is 0 Å². The van der Waals surface area contributed by atoms with E-state index >= 15 is 0 Å². The predicted molar refractivity (Wildman–Crippen MR) is 155 cm³/mol. The topological polar surface area (TPSA) is 0 Å². The zero-order valence-corrected chi connectivity index (χ0v) is 21.2.